The molecule has 1 atom stereocenters. The van der Waals surface area contributed by atoms with Crippen LogP contribution in [-0.4, -0.2) is 5.78 Å². The molecule has 0 N–H and O–H groups in total. The van der Waals surface area contributed by atoms with E-state index in [2.05, 4.69) is 0 Å². The Balaban J connectivity index is 2.33. The maximum Gasteiger partial charge on any atom is 0.267 e. The maximum atomic E-state index is 14.0. The van der Waals surface area contributed by atoms with E-state index in [0.717, 1.165) is 0 Å². The third-order valence-corrected chi connectivity index (χ3v) is 3.19. The van der Waals surface area contributed by atoms with Crippen LogP contribution in [0.5, 0.6) is 5.75 Å². The summed E-state index contributed by atoms with van der Waals surface area (Å²) in [6.07, 6.45) is -2.55. The van der Waals surface area contributed by atoms with E-state index in [0.29, 0.717) is 11.1 Å². The summed E-state index contributed by atoms with van der Waals surface area (Å²) < 4.78 is 71.5. The minimum Gasteiger partial charge on any atom is -0.456 e. The van der Waals surface area contributed by atoms with Gasteiger partial charge in [-0.25, -0.2) is 17.6 Å². The monoisotopic (exact) mass is 330 g/mol. The summed E-state index contributed by atoms with van der Waals surface area (Å²) in [5.74, 6) is -8.00. The lowest BCUT2D eigenvalue weighted by Gasteiger charge is -2.15. The molecule has 0 aliphatic carbocycles. The van der Waals surface area contributed by atoms with Gasteiger partial charge in [-0.15, -0.1) is 0 Å². The molecule has 0 aromatic heterocycles. The number of ketones is 1. The van der Waals surface area contributed by atoms with Gasteiger partial charge in [-0.1, -0.05) is 0 Å². The number of carbonyl (C=O) groups excluding carboxylic acids is 1. The van der Waals surface area contributed by atoms with Gasteiger partial charge in [-0.05, 0) is 43.7 Å². The second-order valence-electron chi connectivity index (χ2n) is 4.86. The molecule has 0 saturated carbocycles. The summed E-state index contributed by atoms with van der Waals surface area (Å²) in [5.41, 5.74) is -0.379. The van der Waals surface area contributed by atoms with E-state index < -0.39 is 35.2 Å². The quantitative estimate of drug-likeness (QED) is 0.348. The summed E-state index contributed by atoms with van der Waals surface area (Å²) in [6, 6.07) is 4.25. The molecule has 0 spiro atoms. The SMILES string of the molecule is CC(=O)c1ccc(OC(F)c2cc(F)c(F)c(F)c2F)c(C)c1. The summed E-state index contributed by atoms with van der Waals surface area (Å²) >= 11 is 0. The molecule has 2 aromatic rings. The van der Waals surface area contributed by atoms with Crippen LogP contribution in [0.2, 0.25) is 0 Å². The van der Waals surface area contributed by atoms with E-state index in [1.54, 1.807) is 0 Å². The van der Waals surface area contributed by atoms with Crippen LogP contribution in [0.25, 0.3) is 0 Å². The molecular formula is C16H11F5O2. The normalized spacial score (nSPS) is 12.1. The largest absolute Gasteiger partial charge is 0.456 e. The zero-order valence-corrected chi connectivity index (χ0v) is 12.1. The smallest absolute Gasteiger partial charge is 0.267 e. The third-order valence-electron chi connectivity index (χ3n) is 3.19. The van der Waals surface area contributed by atoms with Crippen molar-refractivity contribution in [1.29, 1.82) is 0 Å². The molecule has 122 valence electrons. The molecule has 7 heteroatoms. The van der Waals surface area contributed by atoms with Gasteiger partial charge in [0.1, 0.15) is 5.75 Å². The van der Waals surface area contributed by atoms with Crippen LogP contribution in [0.4, 0.5) is 22.0 Å². The van der Waals surface area contributed by atoms with E-state index in [9.17, 15) is 26.7 Å². The van der Waals surface area contributed by atoms with E-state index >= 15 is 0 Å². The molecule has 0 amide bonds. The fraction of sp³-hybridized carbons (Fsp3) is 0.188. The fourth-order valence-corrected chi connectivity index (χ4v) is 1.93. The summed E-state index contributed by atoms with van der Waals surface area (Å²) in [6.45, 7) is 2.85. The molecule has 2 nitrogen and oxygen atoms in total. The Bertz CT molecular complexity index is 774. The summed E-state index contributed by atoms with van der Waals surface area (Å²) in [5, 5.41) is 0. The molecule has 0 aliphatic rings. The van der Waals surface area contributed by atoms with Crippen molar-refractivity contribution in [2.24, 2.45) is 0 Å². The highest BCUT2D eigenvalue weighted by Gasteiger charge is 2.25. The van der Waals surface area contributed by atoms with Crippen molar-refractivity contribution in [2.75, 3.05) is 0 Å². The highest BCUT2D eigenvalue weighted by Crippen LogP contribution is 2.30. The average molecular weight is 330 g/mol. The van der Waals surface area contributed by atoms with E-state index in [1.807, 2.05) is 0 Å². The lowest BCUT2D eigenvalue weighted by Crippen LogP contribution is -2.09. The minimum absolute atomic E-state index is 0.0490. The van der Waals surface area contributed by atoms with Gasteiger partial charge in [0.15, 0.2) is 29.1 Å². The highest BCUT2D eigenvalue weighted by atomic mass is 19.2. The molecule has 1 unspecified atom stereocenters. The number of alkyl halides is 1. The Kier molecular flexibility index (Phi) is 4.68. The molecule has 0 heterocycles. The minimum atomic E-state index is -2.55. The average Bonchev–Trinajstić information content (AvgIpc) is 2.50. The molecule has 2 aromatic carbocycles. The predicted molar refractivity (Wildman–Crippen MR) is 71.9 cm³/mol. The molecule has 0 radical (unpaired) electrons. The first-order chi connectivity index (χ1) is 10.7. The predicted octanol–water partition coefficient (Wildman–Crippen LogP) is 4.80. The standard InChI is InChI=1S/C16H11F5O2/c1-7-5-9(8(2)22)3-4-12(7)23-16(21)10-6-11(17)14(19)15(20)13(10)18/h3-6,16H,1-2H3. The van der Waals surface area contributed by atoms with Gasteiger partial charge in [-0.3, -0.25) is 4.79 Å². The number of carbonyl (C=O) groups is 1. The lowest BCUT2D eigenvalue weighted by molar-refractivity contribution is 0.0615. The van der Waals surface area contributed by atoms with Crippen molar-refractivity contribution in [1.82, 2.24) is 0 Å². The van der Waals surface area contributed by atoms with Gasteiger partial charge in [0.2, 0.25) is 0 Å². The van der Waals surface area contributed by atoms with E-state index in [-0.39, 0.29) is 17.6 Å². The van der Waals surface area contributed by atoms with Crippen molar-refractivity contribution < 1.29 is 31.5 Å². The Labute approximate surface area is 128 Å². The number of hydrogen-bond donors (Lipinski definition) is 0. The molecule has 0 fully saturated rings. The van der Waals surface area contributed by atoms with E-state index in [1.165, 1.54) is 32.0 Å². The van der Waals surface area contributed by atoms with Gasteiger partial charge in [0.25, 0.3) is 6.36 Å². The van der Waals surface area contributed by atoms with Gasteiger partial charge < -0.3 is 4.74 Å². The molecule has 0 bridgehead atoms. The van der Waals surface area contributed by atoms with Gasteiger partial charge in [0, 0.05) is 5.56 Å². The van der Waals surface area contributed by atoms with Crippen LogP contribution in [0, 0.1) is 30.2 Å². The van der Waals surface area contributed by atoms with Crippen molar-refractivity contribution in [3.05, 3.63) is 64.2 Å². The molecule has 2 rings (SSSR count). The Morgan fingerprint density at radius 1 is 1.04 bits per heavy atom. The van der Waals surface area contributed by atoms with Crippen LogP contribution >= 0.6 is 0 Å². The van der Waals surface area contributed by atoms with Gasteiger partial charge in [0.05, 0.1) is 5.56 Å². The van der Waals surface area contributed by atoms with Gasteiger partial charge in [-0.2, -0.15) is 4.39 Å². The Hall–Kier alpha value is -2.44. The first-order valence-corrected chi connectivity index (χ1v) is 6.47. The van der Waals surface area contributed by atoms with Crippen LogP contribution in [-0.2, 0) is 0 Å². The Morgan fingerprint density at radius 3 is 2.26 bits per heavy atom. The zero-order valence-electron chi connectivity index (χ0n) is 12.1. The Morgan fingerprint density at radius 2 is 1.70 bits per heavy atom. The maximum absolute atomic E-state index is 14.0. The molecule has 0 aliphatic heterocycles. The first kappa shape index (κ1) is 16.9. The highest BCUT2D eigenvalue weighted by molar-refractivity contribution is 5.94. The van der Waals surface area contributed by atoms with Crippen molar-refractivity contribution >= 4 is 5.78 Å². The number of Topliss-reactive ketones (excluding diaryl/α,β-unsaturated/α-hetero) is 1. The number of hydrogen-bond acceptors (Lipinski definition) is 2. The molecule has 0 saturated heterocycles. The van der Waals surface area contributed by atoms with Crippen molar-refractivity contribution in [3.63, 3.8) is 0 Å². The van der Waals surface area contributed by atoms with Crippen molar-refractivity contribution in [2.45, 2.75) is 20.2 Å². The van der Waals surface area contributed by atoms with Crippen LogP contribution in [0.1, 0.15) is 34.8 Å². The van der Waals surface area contributed by atoms with E-state index in [4.69, 9.17) is 4.74 Å². The summed E-state index contributed by atoms with van der Waals surface area (Å²) in [4.78, 5) is 11.2. The zero-order chi connectivity index (χ0) is 17.3. The fourth-order valence-electron chi connectivity index (χ4n) is 1.93. The molecule has 23 heavy (non-hydrogen) atoms. The second-order valence-corrected chi connectivity index (χ2v) is 4.86. The molecular weight excluding hydrogens is 319 g/mol. The summed E-state index contributed by atoms with van der Waals surface area (Å²) in [7, 11) is 0. The topological polar surface area (TPSA) is 26.3 Å². The number of rotatable bonds is 4. The number of aryl methyl sites for hydroxylation is 1. The number of benzene rings is 2. The van der Waals surface area contributed by atoms with Crippen LogP contribution in [0.15, 0.2) is 24.3 Å². The van der Waals surface area contributed by atoms with Gasteiger partial charge >= 0.3 is 0 Å². The van der Waals surface area contributed by atoms with Crippen molar-refractivity contribution in [3.8, 4) is 5.75 Å². The second kappa shape index (κ2) is 6.36. The van der Waals surface area contributed by atoms with Crippen LogP contribution < -0.4 is 4.74 Å². The number of halogens is 5. The first-order valence-electron chi connectivity index (χ1n) is 6.47. The third kappa shape index (κ3) is 3.33. The number of ether oxygens (including phenoxy) is 1. The lowest BCUT2D eigenvalue weighted by atomic mass is 10.1. The van der Waals surface area contributed by atoms with Crippen LogP contribution in [0.3, 0.4) is 0 Å².